The predicted octanol–water partition coefficient (Wildman–Crippen LogP) is 1.98. The highest BCUT2D eigenvalue weighted by Crippen LogP contribution is 2.16. The van der Waals surface area contributed by atoms with Gasteiger partial charge in [-0.05, 0) is 12.8 Å². The Morgan fingerprint density at radius 1 is 1.36 bits per heavy atom. The molecule has 0 heterocycles. The predicted molar refractivity (Wildman–Crippen MR) is 55.9 cm³/mol. The molecule has 0 aromatic carbocycles. The van der Waals surface area contributed by atoms with Crippen LogP contribution in [0.5, 0.6) is 0 Å². The number of hydrogen-bond donors (Lipinski definition) is 1. The first kappa shape index (κ1) is 13.4. The first-order chi connectivity index (χ1) is 6.46. The van der Waals surface area contributed by atoms with Gasteiger partial charge in [-0.1, -0.05) is 27.7 Å². The van der Waals surface area contributed by atoms with Crippen LogP contribution in [0, 0.1) is 11.3 Å². The second-order valence-electron chi connectivity index (χ2n) is 4.44. The highest BCUT2D eigenvalue weighted by atomic mass is 16.5. The van der Waals surface area contributed by atoms with Crippen molar-refractivity contribution in [2.75, 3.05) is 13.2 Å². The van der Waals surface area contributed by atoms with Crippen molar-refractivity contribution in [2.45, 2.75) is 40.5 Å². The largest absolute Gasteiger partial charge is 0.465 e. The summed E-state index contributed by atoms with van der Waals surface area (Å²) in [5.74, 6) is -0.138. The van der Waals surface area contributed by atoms with Crippen LogP contribution in [0.3, 0.4) is 0 Å². The number of ether oxygens (including phenoxy) is 1. The Labute approximate surface area is 86.5 Å². The van der Waals surface area contributed by atoms with Crippen molar-refractivity contribution in [1.29, 1.82) is 0 Å². The van der Waals surface area contributed by atoms with E-state index >= 15 is 0 Å². The van der Waals surface area contributed by atoms with E-state index in [1.165, 1.54) is 0 Å². The molecule has 0 amide bonds. The minimum absolute atomic E-state index is 0.00416. The Morgan fingerprint density at radius 2 is 1.86 bits per heavy atom. The van der Waals surface area contributed by atoms with E-state index in [9.17, 15) is 4.79 Å². The van der Waals surface area contributed by atoms with Crippen LogP contribution in [0.25, 0.3) is 0 Å². The van der Waals surface area contributed by atoms with Crippen molar-refractivity contribution in [2.24, 2.45) is 11.3 Å². The standard InChI is InChI=1S/C11H22O3/c1-5-9(6-2)10(13)14-8-11(3,4)7-12/h9,12H,5-8H2,1-4H3. The fraction of sp³-hybridized carbons (Fsp3) is 0.909. The van der Waals surface area contributed by atoms with Crippen LogP contribution in [0.1, 0.15) is 40.5 Å². The van der Waals surface area contributed by atoms with E-state index in [1.807, 2.05) is 27.7 Å². The molecule has 0 rings (SSSR count). The van der Waals surface area contributed by atoms with Crippen LogP contribution < -0.4 is 0 Å². The summed E-state index contributed by atoms with van der Waals surface area (Å²) in [6, 6.07) is 0. The van der Waals surface area contributed by atoms with Crippen molar-refractivity contribution in [3.63, 3.8) is 0 Å². The molecule has 3 heteroatoms. The molecule has 84 valence electrons. The van der Waals surface area contributed by atoms with Gasteiger partial charge in [0.05, 0.1) is 19.1 Å². The fourth-order valence-electron chi connectivity index (χ4n) is 1.05. The average Bonchev–Trinajstić information content (AvgIpc) is 2.17. The van der Waals surface area contributed by atoms with Crippen LogP contribution in [0.4, 0.5) is 0 Å². The minimum atomic E-state index is -0.332. The lowest BCUT2D eigenvalue weighted by molar-refractivity contribution is -0.152. The van der Waals surface area contributed by atoms with Gasteiger partial charge in [0.25, 0.3) is 0 Å². The van der Waals surface area contributed by atoms with E-state index in [1.54, 1.807) is 0 Å². The lowest BCUT2D eigenvalue weighted by Crippen LogP contribution is -2.27. The second-order valence-corrected chi connectivity index (χ2v) is 4.44. The molecule has 0 aliphatic carbocycles. The Morgan fingerprint density at radius 3 is 2.21 bits per heavy atom. The zero-order valence-corrected chi connectivity index (χ0v) is 9.67. The summed E-state index contributed by atoms with van der Waals surface area (Å²) < 4.78 is 5.14. The number of aliphatic hydroxyl groups is 1. The number of aliphatic hydroxyl groups excluding tert-OH is 1. The first-order valence-electron chi connectivity index (χ1n) is 5.24. The highest BCUT2D eigenvalue weighted by molar-refractivity contribution is 5.72. The summed E-state index contributed by atoms with van der Waals surface area (Å²) >= 11 is 0. The Hall–Kier alpha value is -0.570. The quantitative estimate of drug-likeness (QED) is 0.670. The number of carbonyl (C=O) groups excluding carboxylic acids is 1. The molecule has 0 aromatic heterocycles. The molecule has 0 aliphatic heterocycles. The number of carbonyl (C=O) groups is 1. The molecule has 0 saturated heterocycles. The van der Waals surface area contributed by atoms with Crippen LogP contribution in [0.15, 0.2) is 0 Å². The molecular formula is C11H22O3. The highest BCUT2D eigenvalue weighted by Gasteiger charge is 2.22. The normalized spacial score (nSPS) is 11.9. The van der Waals surface area contributed by atoms with E-state index in [4.69, 9.17) is 9.84 Å². The van der Waals surface area contributed by atoms with Crippen molar-refractivity contribution in [1.82, 2.24) is 0 Å². The molecule has 0 atom stereocenters. The number of hydrogen-bond acceptors (Lipinski definition) is 3. The third kappa shape index (κ3) is 4.61. The lowest BCUT2D eigenvalue weighted by atomic mass is 9.96. The van der Waals surface area contributed by atoms with Gasteiger partial charge in [-0.3, -0.25) is 4.79 Å². The molecule has 0 fully saturated rings. The van der Waals surface area contributed by atoms with Crippen molar-refractivity contribution in [3.05, 3.63) is 0 Å². The van der Waals surface area contributed by atoms with Crippen LogP contribution in [-0.4, -0.2) is 24.3 Å². The fourth-order valence-corrected chi connectivity index (χ4v) is 1.05. The molecule has 0 spiro atoms. The van der Waals surface area contributed by atoms with Gasteiger partial charge >= 0.3 is 5.97 Å². The lowest BCUT2D eigenvalue weighted by Gasteiger charge is -2.22. The number of rotatable bonds is 6. The van der Waals surface area contributed by atoms with Gasteiger partial charge < -0.3 is 9.84 Å². The summed E-state index contributed by atoms with van der Waals surface area (Å²) in [5.41, 5.74) is -0.332. The van der Waals surface area contributed by atoms with Gasteiger partial charge in [-0.2, -0.15) is 0 Å². The summed E-state index contributed by atoms with van der Waals surface area (Å²) in [4.78, 5) is 11.5. The maximum atomic E-state index is 11.5. The molecule has 1 N–H and O–H groups in total. The molecule has 0 aromatic rings. The van der Waals surface area contributed by atoms with Crippen molar-refractivity contribution >= 4 is 5.97 Å². The average molecular weight is 202 g/mol. The summed E-state index contributed by atoms with van der Waals surface area (Å²) in [6.07, 6.45) is 1.63. The Balaban J connectivity index is 3.95. The molecule has 0 aliphatic rings. The van der Waals surface area contributed by atoms with Crippen molar-refractivity contribution in [3.8, 4) is 0 Å². The molecule has 0 saturated carbocycles. The van der Waals surface area contributed by atoms with Crippen LogP contribution in [0.2, 0.25) is 0 Å². The molecule has 0 bridgehead atoms. The smallest absolute Gasteiger partial charge is 0.308 e. The summed E-state index contributed by atoms with van der Waals surface area (Å²) in [5, 5.41) is 8.97. The first-order valence-corrected chi connectivity index (χ1v) is 5.24. The maximum absolute atomic E-state index is 11.5. The molecular weight excluding hydrogens is 180 g/mol. The topological polar surface area (TPSA) is 46.5 Å². The van der Waals surface area contributed by atoms with Gasteiger partial charge in [-0.25, -0.2) is 0 Å². The minimum Gasteiger partial charge on any atom is -0.465 e. The molecule has 3 nitrogen and oxygen atoms in total. The van der Waals surface area contributed by atoms with E-state index in [0.29, 0.717) is 6.61 Å². The molecule has 0 radical (unpaired) electrons. The number of esters is 1. The third-order valence-corrected chi connectivity index (χ3v) is 2.35. The van der Waals surface area contributed by atoms with Gasteiger partial charge in [0.15, 0.2) is 0 Å². The van der Waals surface area contributed by atoms with E-state index in [-0.39, 0.29) is 23.9 Å². The van der Waals surface area contributed by atoms with E-state index in [0.717, 1.165) is 12.8 Å². The maximum Gasteiger partial charge on any atom is 0.308 e. The van der Waals surface area contributed by atoms with Gasteiger partial charge in [-0.15, -0.1) is 0 Å². The van der Waals surface area contributed by atoms with Gasteiger partial charge in [0, 0.05) is 5.41 Å². The van der Waals surface area contributed by atoms with E-state index < -0.39 is 0 Å². The molecule has 14 heavy (non-hydrogen) atoms. The van der Waals surface area contributed by atoms with Crippen LogP contribution >= 0.6 is 0 Å². The SMILES string of the molecule is CCC(CC)C(=O)OCC(C)(C)CO. The summed E-state index contributed by atoms with van der Waals surface area (Å²) in [7, 11) is 0. The van der Waals surface area contributed by atoms with Gasteiger partial charge in [0.1, 0.15) is 0 Å². The van der Waals surface area contributed by atoms with Crippen molar-refractivity contribution < 1.29 is 14.6 Å². The second kappa shape index (κ2) is 6.02. The third-order valence-electron chi connectivity index (χ3n) is 2.35. The summed E-state index contributed by atoms with van der Waals surface area (Å²) in [6.45, 7) is 8.02. The zero-order valence-electron chi connectivity index (χ0n) is 9.67. The van der Waals surface area contributed by atoms with Gasteiger partial charge in [0.2, 0.25) is 0 Å². The Kier molecular flexibility index (Phi) is 5.77. The van der Waals surface area contributed by atoms with Crippen LogP contribution in [-0.2, 0) is 9.53 Å². The monoisotopic (exact) mass is 202 g/mol. The molecule has 0 unspecified atom stereocenters. The van der Waals surface area contributed by atoms with E-state index in [2.05, 4.69) is 0 Å². The Bertz CT molecular complexity index is 171. The zero-order chi connectivity index (χ0) is 11.2.